The van der Waals surface area contributed by atoms with Gasteiger partial charge in [0.05, 0.1) is 19.0 Å². The van der Waals surface area contributed by atoms with Crippen molar-refractivity contribution in [2.24, 2.45) is 0 Å². The number of ether oxygens (including phenoxy) is 2. The van der Waals surface area contributed by atoms with E-state index in [0.29, 0.717) is 42.8 Å². The zero-order valence-electron chi connectivity index (χ0n) is 15.4. The van der Waals surface area contributed by atoms with Gasteiger partial charge in [-0.25, -0.2) is 0 Å². The molecule has 0 aliphatic carbocycles. The first-order valence-corrected chi connectivity index (χ1v) is 9.70. The van der Waals surface area contributed by atoms with E-state index in [9.17, 15) is 9.59 Å². The highest BCUT2D eigenvalue weighted by Crippen LogP contribution is 2.25. The van der Waals surface area contributed by atoms with Crippen LogP contribution < -0.4 is 10.1 Å². The van der Waals surface area contributed by atoms with Crippen LogP contribution in [0.5, 0.6) is 5.75 Å². The lowest BCUT2D eigenvalue weighted by atomic mass is 10.3. The summed E-state index contributed by atoms with van der Waals surface area (Å²) in [5.74, 6) is 0.415. The molecule has 0 saturated heterocycles. The fourth-order valence-electron chi connectivity index (χ4n) is 2.20. The Labute approximate surface area is 161 Å². The number of carbonyl (C=O) groups excluding carboxylic acids is 2. The molecule has 27 heavy (non-hydrogen) atoms. The first-order chi connectivity index (χ1) is 13.2. The van der Waals surface area contributed by atoms with Crippen LogP contribution in [0.15, 0.2) is 29.4 Å². The highest BCUT2D eigenvalue weighted by molar-refractivity contribution is 7.99. The van der Waals surface area contributed by atoms with Gasteiger partial charge >= 0.3 is 5.97 Å². The standard InChI is InChI=1S/C17H23N5O4S/c1-3-25-14-9-6-5-8-13(14)22-17(19-20-21-22)27-12-15(23)18-11-7-10-16(24)26-4-2/h5-6,8-9H,3-4,7,10-12H2,1-2H3,(H,18,23). The summed E-state index contributed by atoms with van der Waals surface area (Å²) in [6.45, 7) is 4.96. The zero-order valence-corrected chi connectivity index (χ0v) is 16.2. The van der Waals surface area contributed by atoms with Crippen molar-refractivity contribution in [3.05, 3.63) is 24.3 Å². The topological polar surface area (TPSA) is 108 Å². The van der Waals surface area contributed by atoms with Crippen LogP contribution in [-0.4, -0.2) is 57.6 Å². The summed E-state index contributed by atoms with van der Waals surface area (Å²) in [5.41, 5.74) is 0.710. The largest absolute Gasteiger partial charge is 0.492 e. The van der Waals surface area contributed by atoms with E-state index in [2.05, 4.69) is 20.8 Å². The molecule has 0 aliphatic heterocycles. The summed E-state index contributed by atoms with van der Waals surface area (Å²) in [6.07, 6.45) is 0.822. The van der Waals surface area contributed by atoms with E-state index >= 15 is 0 Å². The Morgan fingerprint density at radius 3 is 2.81 bits per heavy atom. The molecule has 0 radical (unpaired) electrons. The quantitative estimate of drug-likeness (QED) is 0.348. The molecule has 1 aromatic heterocycles. The van der Waals surface area contributed by atoms with Crippen molar-refractivity contribution in [1.29, 1.82) is 0 Å². The summed E-state index contributed by atoms with van der Waals surface area (Å²) in [5, 5.41) is 14.9. The minimum Gasteiger partial charge on any atom is -0.492 e. The smallest absolute Gasteiger partial charge is 0.305 e. The van der Waals surface area contributed by atoms with E-state index in [4.69, 9.17) is 9.47 Å². The summed E-state index contributed by atoms with van der Waals surface area (Å²) >= 11 is 1.22. The zero-order chi connectivity index (χ0) is 19.5. The van der Waals surface area contributed by atoms with E-state index in [0.717, 1.165) is 0 Å². The van der Waals surface area contributed by atoms with Gasteiger partial charge in [0.2, 0.25) is 11.1 Å². The van der Waals surface area contributed by atoms with Gasteiger partial charge in [-0.2, -0.15) is 4.68 Å². The normalized spacial score (nSPS) is 10.4. The van der Waals surface area contributed by atoms with Gasteiger partial charge in [0.15, 0.2) is 0 Å². The van der Waals surface area contributed by atoms with Crippen molar-refractivity contribution in [2.45, 2.75) is 31.8 Å². The maximum absolute atomic E-state index is 12.0. The molecule has 1 amide bonds. The average molecular weight is 393 g/mol. The minimum absolute atomic E-state index is 0.156. The number of nitrogens with one attached hydrogen (secondary N) is 1. The van der Waals surface area contributed by atoms with Gasteiger partial charge < -0.3 is 14.8 Å². The molecule has 1 aromatic carbocycles. The highest BCUT2D eigenvalue weighted by Gasteiger charge is 2.14. The summed E-state index contributed by atoms with van der Waals surface area (Å²) in [4.78, 5) is 23.2. The second-order valence-corrected chi connectivity index (χ2v) is 6.26. The highest BCUT2D eigenvalue weighted by atomic mass is 32.2. The number of aromatic nitrogens is 4. The van der Waals surface area contributed by atoms with E-state index in [1.165, 1.54) is 11.8 Å². The molecule has 10 heteroatoms. The number of benzene rings is 1. The molecule has 2 rings (SSSR count). The Morgan fingerprint density at radius 1 is 1.22 bits per heavy atom. The minimum atomic E-state index is -0.256. The Balaban J connectivity index is 1.85. The predicted octanol–water partition coefficient (Wildman–Crippen LogP) is 1.61. The van der Waals surface area contributed by atoms with Crippen LogP contribution in [-0.2, 0) is 14.3 Å². The monoisotopic (exact) mass is 393 g/mol. The molecular weight excluding hydrogens is 370 g/mol. The van der Waals surface area contributed by atoms with Gasteiger partial charge in [-0.3, -0.25) is 9.59 Å². The molecule has 146 valence electrons. The second-order valence-electron chi connectivity index (χ2n) is 5.32. The summed E-state index contributed by atoms with van der Waals surface area (Å²) in [6, 6.07) is 7.42. The number of hydrogen-bond acceptors (Lipinski definition) is 8. The average Bonchev–Trinajstić information content (AvgIpc) is 3.13. The second kappa shape index (κ2) is 11.2. The van der Waals surface area contributed by atoms with Gasteiger partial charge in [-0.15, -0.1) is 5.10 Å². The molecular formula is C17H23N5O4S. The maximum atomic E-state index is 12.0. The van der Waals surface area contributed by atoms with Crippen molar-refractivity contribution in [3.8, 4) is 11.4 Å². The summed E-state index contributed by atoms with van der Waals surface area (Å²) in [7, 11) is 0. The third-order valence-corrected chi connectivity index (χ3v) is 4.27. The molecule has 0 saturated carbocycles. The molecule has 0 fully saturated rings. The summed E-state index contributed by atoms with van der Waals surface area (Å²) < 4.78 is 12.0. The SMILES string of the molecule is CCOC(=O)CCCNC(=O)CSc1nnnn1-c1ccccc1OCC. The number of nitrogens with zero attached hydrogens (tertiary/aromatic N) is 4. The van der Waals surface area contributed by atoms with Crippen LogP contribution in [0.4, 0.5) is 0 Å². The molecule has 0 bridgehead atoms. The number of hydrogen-bond donors (Lipinski definition) is 1. The molecule has 1 heterocycles. The van der Waals surface area contributed by atoms with Crippen molar-refractivity contribution >= 4 is 23.6 Å². The van der Waals surface area contributed by atoms with Crippen LogP contribution in [0.25, 0.3) is 5.69 Å². The van der Waals surface area contributed by atoms with Crippen LogP contribution >= 0.6 is 11.8 Å². The van der Waals surface area contributed by atoms with Gasteiger partial charge in [0.25, 0.3) is 0 Å². The first kappa shape index (κ1) is 20.7. The first-order valence-electron chi connectivity index (χ1n) is 8.71. The van der Waals surface area contributed by atoms with E-state index in [1.54, 1.807) is 11.6 Å². The van der Waals surface area contributed by atoms with E-state index in [-0.39, 0.29) is 24.1 Å². The van der Waals surface area contributed by atoms with Crippen LogP contribution in [0, 0.1) is 0 Å². The third kappa shape index (κ3) is 6.55. The molecule has 0 aliphatic rings. The Hall–Kier alpha value is -2.62. The third-order valence-electron chi connectivity index (χ3n) is 3.35. The fraction of sp³-hybridized carbons (Fsp3) is 0.471. The van der Waals surface area contributed by atoms with Gasteiger partial charge in [0, 0.05) is 13.0 Å². The number of rotatable bonds is 11. The van der Waals surface area contributed by atoms with E-state index < -0.39 is 0 Å². The Bertz CT molecular complexity index is 752. The predicted molar refractivity (Wildman–Crippen MR) is 99.9 cm³/mol. The van der Waals surface area contributed by atoms with Crippen LogP contribution in [0.2, 0.25) is 0 Å². The van der Waals surface area contributed by atoms with Crippen molar-refractivity contribution in [3.63, 3.8) is 0 Å². The number of carbonyl (C=O) groups is 2. The molecule has 0 atom stereocenters. The van der Waals surface area contributed by atoms with Crippen molar-refractivity contribution in [1.82, 2.24) is 25.5 Å². The Morgan fingerprint density at radius 2 is 2.04 bits per heavy atom. The van der Waals surface area contributed by atoms with Gasteiger partial charge in [-0.05, 0) is 42.8 Å². The molecule has 9 nitrogen and oxygen atoms in total. The molecule has 0 spiro atoms. The molecule has 1 N–H and O–H groups in total. The van der Waals surface area contributed by atoms with Crippen LogP contribution in [0.3, 0.4) is 0 Å². The van der Waals surface area contributed by atoms with Gasteiger partial charge in [-0.1, -0.05) is 23.9 Å². The van der Waals surface area contributed by atoms with Crippen molar-refractivity contribution in [2.75, 3.05) is 25.5 Å². The lowest BCUT2D eigenvalue weighted by Crippen LogP contribution is -2.26. The fourth-order valence-corrected chi connectivity index (χ4v) is 2.92. The lowest BCUT2D eigenvalue weighted by molar-refractivity contribution is -0.143. The maximum Gasteiger partial charge on any atom is 0.305 e. The molecule has 2 aromatic rings. The number of para-hydroxylation sites is 2. The van der Waals surface area contributed by atoms with E-state index in [1.807, 2.05) is 31.2 Å². The van der Waals surface area contributed by atoms with Gasteiger partial charge in [0.1, 0.15) is 11.4 Å². The lowest BCUT2D eigenvalue weighted by Gasteiger charge is -2.10. The Kier molecular flexibility index (Phi) is 8.56. The number of thioether (sulfide) groups is 1. The number of amides is 1. The van der Waals surface area contributed by atoms with Crippen LogP contribution in [0.1, 0.15) is 26.7 Å². The number of tetrazole rings is 1. The number of esters is 1. The molecule has 0 unspecified atom stereocenters. The van der Waals surface area contributed by atoms with Crippen molar-refractivity contribution < 1.29 is 19.1 Å².